The first kappa shape index (κ1) is 11.3. The van der Waals surface area contributed by atoms with E-state index in [4.69, 9.17) is 4.42 Å². The topological polar surface area (TPSA) is 38.1 Å². The van der Waals surface area contributed by atoms with Crippen LogP contribution in [-0.4, -0.2) is 4.98 Å². The van der Waals surface area contributed by atoms with Gasteiger partial charge >= 0.3 is 0 Å². The predicted octanol–water partition coefficient (Wildman–Crippen LogP) is 4.37. The van der Waals surface area contributed by atoms with Gasteiger partial charge in [-0.1, -0.05) is 18.2 Å². The zero-order valence-electron chi connectivity index (χ0n) is 10.3. The molecule has 0 aliphatic heterocycles. The van der Waals surface area contributed by atoms with Gasteiger partial charge in [-0.2, -0.15) is 0 Å². The second-order valence-corrected chi connectivity index (χ2v) is 5.19. The first-order chi connectivity index (χ1) is 8.75. The van der Waals surface area contributed by atoms with Crippen LogP contribution in [0.25, 0.3) is 11.0 Å². The Hall–Kier alpha value is -1.81. The van der Waals surface area contributed by atoms with Crippen LogP contribution >= 0.6 is 11.3 Å². The summed E-state index contributed by atoms with van der Waals surface area (Å²) in [5.41, 5.74) is 2.14. The predicted molar refractivity (Wildman–Crippen MR) is 75.1 cm³/mol. The van der Waals surface area contributed by atoms with Crippen LogP contribution in [0.1, 0.15) is 24.3 Å². The molecule has 3 nitrogen and oxygen atoms in total. The Balaban J connectivity index is 1.96. The van der Waals surface area contributed by atoms with Crippen LogP contribution < -0.4 is 5.32 Å². The molecular weight excluding hydrogens is 244 g/mol. The molecule has 92 valence electrons. The summed E-state index contributed by atoms with van der Waals surface area (Å²) in [5, 5.41) is 7.41. The number of hydrogen-bond acceptors (Lipinski definition) is 4. The molecule has 4 heteroatoms. The van der Waals surface area contributed by atoms with Crippen LogP contribution in [0.4, 0.5) is 5.13 Å². The van der Waals surface area contributed by atoms with Crippen LogP contribution in [0.15, 0.2) is 40.3 Å². The average molecular weight is 258 g/mol. The van der Waals surface area contributed by atoms with Crippen LogP contribution in [-0.2, 0) is 0 Å². The van der Waals surface area contributed by atoms with Gasteiger partial charge in [-0.25, -0.2) is 4.98 Å². The van der Waals surface area contributed by atoms with Crippen molar-refractivity contribution in [3.63, 3.8) is 0 Å². The SMILES string of the molecule is Cc1c(C(C)Nc2nccs2)oc2ccccc12. The Morgan fingerprint density at radius 1 is 1.33 bits per heavy atom. The van der Waals surface area contributed by atoms with Crippen molar-refractivity contribution in [1.82, 2.24) is 4.98 Å². The second-order valence-electron chi connectivity index (χ2n) is 4.29. The lowest BCUT2D eigenvalue weighted by molar-refractivity contribution is 0.522. The van der Waals surface area contributed by atoms with Gasteiger partial charge in [-0.15, -0.1) is 11.3 Å². The number of aromatic nitrogens is 1. The van der Waals surface area contributed by atoms with Crippen molar-refractivity contribution < 1.29 is 4.42 Å². The van der Waals surface area contributed by atoms with E-state index in [1.165, 1.54) is 10.9 Å². The summed E-state index contributed by atoms with van der Waals surface area (Å²) in [6.07, 6.45) is 1.80. The van der Waals surface area contributed by atoms with E-state index in [0.29, 0.717) is 0 Å². The monoisotopic (exact) mass is 258 g/mol. The number of para-hydroxylation sites is 1. The normalized spacial score (nSPS) is 12.8. The van der Waals surface area contributed by atoms with E-state index in [0.717, 1.165) is 16.5 Å². The molecule has 0 radical (unpaired) electrons. The summed E-state index contributed by atoms with van der Waals surface area (Å²) in [7, 11) is 0. The fourth-order valence-corrected chi connectivity index (χ4v) is 2.77. The number of nitrogens with one attached hydrogen (secondary N) is 1. The van der Waals surface area contributed by atoms with Gasteiger partial charge < -0.3 is 9.73 Å². The van der Waals surface area contributed by atoms with Crippen molar-refractivity contribution in [3.8, 4) is 0 Å². The van der Waals surface area contributed by atoms with Crippen molar-refractivity contribution in [3.05, 3.63) is 47.2 Å². The number of hydrogen-bond donors (Lipinski definition) is 1. The molecular formula is C14H14N2OS. The summed E-state index contributed by atoms with van der Waals surface area (Å²) in [5.74, 6) is 0.978. The Bertz CT molecular complexity index is 658. The smallest absolute Gasteiger partial charge is 0.183 e. The lowest BCUT2D eigenvalue weighted by Crippen LogP contribution is -2.06. The molecule has 0 saturated heterocycles. The van der Waals surface area contributed by atoms with Gasteiger partial charge in [0, 0.05) is 22.5 Å². The fraction of sp³-hybridized carbons (Fsp3) is 0.214. The van der Waals surface area contributed by atoms with E-state index in [1.54, 1.807) is 17.5 Å². The third-order valence-electron chi connectivity index (χ3n) is 3.05. The zero-order chi connectivity index (χ0) is 12.5. The Morgan fingerprint density at radius 2 is 2.17 bits per heavy atom. The van der Waals surface area contributed by atoms with Gasteiger partial charge in [0.1, 0.15) is 11.3 Å². The summed E-state index contributed by atoms with van der Waals surface area (Å²) in [6, 6.07) is 8.24. The molecule has 2 heterocycles. The van der Waals surface area contributed by atoms with E-state index in [-0.39, 0.29) is 6.04 Å². The minimum atomic E-state index is 0.114. The third kappa shape index (κ3) is 1.88. The molecule has 0 saturated carbocycles. The van der Waals surface area contributed by atoms with Crippen LogP contribution in [0.2, 0.25) is 0 Å². The van der Waals surface area contributed by atoms with E-state index < -0.39 is 0 Å². The Kier molecular flexibility index (Phi) is 2.80. The van der Waals surface area contributed by atoms with Crippen molar-refractivity contribution in [2.75, 3.05) is 5.32 Å². The molecule has 3 rings (SSSR count). The first-order valence-electron chi connectivity index (χ1n) is 5.90. The molecule has 1 unspecified atom stereocenters. The number of anilines is 1. The molecule has 0 bridgehead atoms. The summed E-state index contributed by atoms with van der Waals surface area (Å²) in [4.78, 5) is 4.23. The van der Waals surface area contributed by atoms with Crippen molar-refractivity contribution in [2.45, 2.75) is 19.9 Å². The molecule has 3 aromatic rings. The van der Waals surface area contributed by atoms with Crippen LogP contribution in [0.3, 0.4) is 0 Å². The van der Waals surface area contributed by atoms with Crippen molar-refractivity contribution in [2.24, 2.45) is 0 Å². The van der Waals surface area contributed by atoms with Gasteiger partial charge in [0.2, 0.25) is 0 Å². The molecule has 0 aliphatic rings. The summed E-state index contributed by atoms with van der Waals surface area (Å²) in [6.45, 7) is 4.19. The molecule has 0 aliphatic carbocycles. The maximum atomic E-state index is 5.92. The summed E-state index contributed by atoms with van der Waals surface area (Å²) >= 11 is 1.59. The van der Waals surface area contributed by atoms with E-state index in [2.05, 4.69) is 30.2 Å². The number of aryl methyl sites for hydroxylation is 1. The molecule has 18 heavy (non-hydrogen) atoms. The van der Waals surface area contributed by atoms with Gasteiger partial charge in [0.25, 0.3) is 0 Å². The van der Waals surface area contributed by atoms with E-state index >= 15 is 0 Å². The molecule has 0 amide bonds. The maximum absolute atomic E-state index is 5.92. The lowest BCUT2D eigenvalue weighted by Gasteiger charge is -2.10. The van der Waals surface area contributed by atoms with Crippen molar-refractivity contribution in [1.29, 1.82) is 0 Å². The highest BCUT2D eigenvalue weighted by molar-refractivity contribution is 7.13. The number of fused-ring (bicyclic) bond motifs is 1. The van der Waals surface area contributed by atoms with Gasteiger partial charge in [-0.05, 0) is 19.9 Å². The molecule has 0 spiro atoms. The first-order valence-corrected chi connectivity index (χ1v) is 6.77. The van der Waals surface area contributed by atoms with Gasteiger partial charge in [0.05, 0.1) is 6.04 Å². The number of furan rings is 1. The molecule has 1 aromatic carbocycles. The fourth-order valence-electron chi connectivity index (χ4n) is 2.15. The molecule has 0 fully saturated rings. The number of benzene rings is 1. The lowest BCUT2D eigenvalue weighted by atomic mass is 10.1. The third-order valence-corrected chi connectivity index (χ3v) is 3.75. The highest BCUT2D eigenvalue weighted by Crippen LogP contribution is 2.31. The minimum Gasteiger partial charge on any atom is -0.459 e. The summed E-state index contributed by atoms with van der Waals surface area (Å²) < 4.78 is 5.92. The number of rotatable bonds is 3. The van der Waals surface area contributed by atoms with E-state index in [1.807, 2.05) is 23.6 Å². The number of thiazole rings is 1. The van der Waals surface area contributed by atoms with Crippen molar-refractivity contribution >= 4 is 27.4 Å². The minimum absolute atomic E-state index is 0.114. The largest absolute Gasteiger partial charge is 0.459 e. The maximum Gasteiger partial charge on any atom is 0.183 e. The highest BCUT2D eigenvalue weighted by atomic mass is 32.1. The average Bonchev–Trinajstić information content (AvgIpc) is 2.98. The Labute approximate surface area is 109 Å². The highest BCUT2D eigenvalue weighted by Gasteiger charge is 2.16. The molecule has 1 N–H and O–H groups in total. The standard InChI is InChI=1S/C14H14N2OS/c1-9-11-5-3-4-6-12(11)17-13(9)10(2)16-14-15-7-8-18-14/h3-8,10H,1-2H3,(H,15,16). The molecule has 1 atom stereocenters. The van der Waals surface area contributed by atoms with E-state index in [9.17, 15) is 0 Å². The van der Waals surface area contributed by atoms with Gasteiger partial charge in [0.15, 0.2) is 5.13 Å². The quantitative estimate of drug-likeness (QED) is 0.758. The Morgan fingerprint density at radius 3 is 2.89 bits per heavy atom. The zero-order valence-corrected chi connectivity index (χ0v) is 11.1. The number of nitrogens with zero attached hydrogens (tertiary/aromatic N) is 1. The molecule has 2 aromatic heterocycles. The van der Waals surface area contributed by atoms with Gasteiger partial charge in [-0.3, -0.25) is 0 Å². The van der Waals surface area contributed by atoms with Crippen LogP contribution in [0, 0.1) is 6.92 Å². The second kappa shape index (κ2) is 4.46. The van der Waals surface area contributed by atoms with Crippen LogP contribution in [0.5, 0.6) is 0 Å².